The quantitative estimate of drug-likeness (QED) is 0.910. The largest absolute Gasteiger partial charge is 0.322 e. The van der Waals surface area contributed by atoms with Crippen molar-refractivity contribution in [2.45, 2.75) is 26.7 Å². The van der Waals surface area contributed by atoms with Crippen LogP contribution in [-0.2, 0) is 4.79 Å². The van der Waals surface area contributed by atoms with E-state index in [0.29, 0.717) is 12.5 Å². The number of nitrogens with one attached hydrogen (secondary N) is 1. The van der Waals surface area contributed by atoms with Crippen LogP contribution in [0.5, 0.6) is 0 Å². The minimum atomic E-state index is -0.375. The number of benzene rings is 1. The molecule has 1 amide bonds. The van der Waals surface area contributed by atoms with Crippen molar-refractivity contribution in [2.24, 2.45) is 5.92 Å². The van der Waals surface area contributed by atoms with Crippen molar-refractivity contribution in [3.05, 3.63) is 29.6 Å². The van der Waals surface area contributed by atoms with Crippen LogP contribution in [0.2, 0.25) is 0 Å². The van der Waals surface area contributed by atoms with Crippen molar-refractivity contribution in [1.82, 2.24) is 4.90 Å². The topological polar surface area (TPSA) is 32.3 Å². The van der Waals surface area contributed by atoms with E-state index in [-0.39, 0.29) is 17.4 Å². The van der Waals surface area contributed by atoms with Crippen molar-refractivity contribution in [3.8, 4) is 0 Å². The van der Waals surface area contributed by atoms with Crippen LogP contribution in [0.4, 0.5) is 10.1 Å². The van der Waals surface area contributed by atoms with Crippen LogP contribution < -0.4 is 5.32 Å². The molecule has 0 aromatic heterocycles. The number of hydrogen-bond donors (Lipinski definition) is 1. The Bertz CT molecular complexity index is 461. The Hall–Kier alpha value is -1.42. The number of halogens is 1. The lowest BCUT2D eigenvalue weighted by molar-refractivity contribution is -0.117. The fraction of sp³-hybridized carbons (Fsp3) is 0.533. The van der Waals surface area contributed by atoms with E-state index in [4.69, 9.17) is 0 Å². The lowest BCUT2D eigenvalue weighted by Gasteiger charge is -2.30. The summed E-state index contributed by atoms with van der Waals surface area (Å²) < 4.78 is 13.6. The first-order valence-electron chi connectivity index (χ1n) is 6.83. The second kappa shape index (κ2) is 6.15. The second-order valence-electron chi connectivity index (χ2n) is 5.51. The van der Waals surface area contributed by atoms with Crippen LogP contribution in [-0.4, -0.2) is 30.4 Å². The van der Waals surface area contributed by atoms with Crippen molar-refractivity contribution in [3.63, 3.8) is 0 Å². The molecule has 1 saturated heterocycles. The van der Waals surface area contributed by atoms with Crippen molar-refractivity contribution in [1.29, 1.82) is 0 Å². The van der Waals surface area contributed by atoms with Crippen LogP contribution in [0.1, 0.15) is 25.3 Å². The van der Waals surface area contributed by atoms with E-state index in [2.05, 4.69) is 17.1 Å². The van der Waals surface area contributed by atoms with Crippen LogP contribution >= 0.6 is 0 Å². The average Bonchev–Trinajstić information content (AvgIpc) is 2.33. The van der Waals surface area contributed by atoms with Gasteiger partial charge in [0.05, 0.1) is 12.2 Å². The zero-order valence-corrected chi connectivity index (χ0v) is 11.6. The maximum atomic E-state index is 13.6. The number of carbonyl (C=O) groups excluding carboxylic acids is 1. The van der Waals surface area contributed by atoms with Crippen molar-refractivity contribution >= 4 is 11.6 Å². The molecule has 1 aliphatic heterocycles. The van der Waals surface area contributed by atoms with Gasteiger partial charge in [0.25, 0.3) is 0 Å². The molecule has 3 nitrogen and oxygen atoms in total. The molecule has 0 bridgehead atoms. The molecule has 1 aromatic carbocycles. The summed E-state index contributed by atoms with van der Waals surface area (Å²) in [7, 11) is 0. The SMILES string of the molecule is Cc1ccc(NC(=O)CN2CCC[C@@H](C)C2)c(F)c1. The lowest BCUT2D eigenvalue weighted by atomic mass is 10.0. The normalized spacial score (nSPS) is 20.3. The summed E-state index contributed by atoms with van der Waals surface area (Å²) in [6, 6.07) is 4.83. The van der Waals surface area contributed by atoms with Gasteiger partial charge >= 0.3 is 0 Å². The third-order valence-electron chi connectivity index (χ3n) is 3.51. The molecule has 1 N–H and O–H groups in total. The van der Waals surface area contributed by atoms with Gasteiger partial charge in [-0.05, 0) is 49.9 Å². The monoisotopic (exact) mass is 264 g/mol. The van der Waals surface area contributed by atoms with Gasteiger partial charge in [0.15, 0.2) is 0 Å². The maximum absolute atomic E-state index is 13.6. The predicted octanol–water partition coefficient (Wildman–Crippen LogP) is 2.80. The first-order chi connectivity index (χ1) is 9.04. The van der Waals surface area contributed by atoms with Gasteiger partial charge in [-0.15, -0.1) is 0 Å². The van der Waals surface area contributed by atoms with E-state index in [1.807, 2.05) is 6.92 Å². The molecular formula is C15H21FN2O. The third-order valence-corrected chi connectivity index (χ3v) is 3.51. The first kappa shape index (κ1) is 14.0. The molecule has 0 saturated carbocycles. The van der Waals surface area contributed by atoms with Gasteiger partial charge in [-0.3, -0.25) is 9.69 Å². The summed E-state index contributed by atoms with van der Waals surface area (Å²) in [5.74, 6) is 0.120. The van der Waals surface area contributed by atoms with Crippen LogP contribution in [0, 0.1) is 18.7 Å². The first-order valence-corrected chi connectivity index (χ1v) is 6.83. The van der Waals surface area contributed by atoms with Gasteiger partial charge in [-0.25, -0.2) is 4.39 Å². The number of piperidine rings is 1. The highest BCUT2D eigenvalue weighted by Gasteiger charge is 2.18. The van der Waals surface area contributed by atoms with Crippen LogP contribution in [0.25, 0.3) is 0 Å². The molecule has 19 heavy (non-hydrogen) atoms. The summed E-state index contributed by atoms with van der Waals surface area (Å²) >= 11 is 0. The van der Waals surface area contributed by atoms with Gasteiger partial charge in [0.1, 0.15) is 5.82 Å². The lowest BCUT2D eigenvalue weighted by Crippen LogP contribution is -2.39. The summed E-state index contributed by atoms with van der Waals surface area (Å²) in [5.41, 5.74) is 1.11. The van der Waals surface area contributed by atoms with Crippen molar-refractivity contribution in [2.75, 3.05) is 25.0 Å². The van der Waals surface area contributed by atoms with Gasteiger partial charge < -0.3 is 5.32 Å². The third kappa shape index (κ3) is 4.03. The molecule has 1 aliphatic rings. The highest BCUT2D eigenvalue weighted by Crippen LogP contribution is 2.17. The minimum absolute atomic E-state index is 0.142. The highest BCUT2D eigenvalue weighted by molar-refractivity contribution is 5.92. The summed E-state index contributed by atoms with van der Waals surface area (Å²) in [4.78, 5) is 14.0. The molecule has 0 unspecified atom stereocenters. The van der Waals surface area contributed by atoms with E-state index < -0.39 is 0 Å². The average molecular weight is 264 g/mol. The number of rotatable bonds is 3. The smallest absolute Gasteiger partial charge is 0.238 e. The summed E-state index contributed by atoms with van der Waals surface area (Å²) in [5, 5.41) is 2.64. The standard InChI is InChI=1S/C15H21FN2O/c1-11-5-6-14(13(16)8-11)17-15(19)10-18-7-3-4-12(2)9-18/h5-6,8,12H,3-4,7,9-10H2,1-2H3,(H,17,19)/t12-/m1/s1. The number of carbonyl (C=O) groups is 1. The number of anilines is 1. The fourth-order valence-electron chi connectivity index (χ4n) is 2.54. The number of nitrogens with zero attached hydrogens (tertiary/aromatic N) is 1. The van der Waals surface area contributed by atoms with E-state index in [9.17, 15) is 9.18 Å². The molecule has 2 rings (SSSR count). The van der Waals surface area contributed by atoms with E-state index in [0.717, 1.165) is 25.1 Å². The summed E-state index contributed by atoms with van der Waals surface area (Å²) in [6.07, 6.45) is 2.36. The van der Waals surface area contributed by atoms with Gasteiger partial charge in [-0.2, -0.15) is 0 Å². The van der Waals surface area contributed by atoms with Crippen LogP contribution in [0.15, 0.2) is 18.2 Å². The van der Waals surface area contributed by atoms with E-state index in [1.165, 1.54) is 12.5 Å². The number of hydrogen-bond acceptors (Lipinski definition) is 2. The molecular weight excluding hydrogens is 243 g/mol. The van der Waals surface area contributed by atoms with Gasteiger partial charge in [-0.1, -0.05) is 13.0 Å². The Labute approximate surface area is 113 Å². The zero-order chi connectivity index (χ0) is 13.8. The molecule has 1 heterocycles. The molecule has 1 aromatic rings. The Morgan fingerprint density at radius 2 is 2.32 bits per heavy atom. The minimum Gasteiger partial charge on any atom is -0.322 e. The molecule has 0 aliphatic carbocycles. The maximum Gasteiger partial charge on any atom is 0.238 e. The second-order valence-corrected chi connectivity index (χ2v) is 5.51. The Morgan fingerprint density at radius 3 is 3.00 bits per heavy atom. The molecule has 104 valence electrons. The fourth-order valence-corrected chi connectivity index (χ4v) is 2.54. The molecule has 0 radical (unpaired) electrons. The summed E-state index contributed by atoms with van der Waals surface area (Å²) in [6.45, 7) is 6.27. The zero-order valence-electron chi connectivity index (χ0n) is 11.6. The number of aryl methyl sites for hydroxylation is 1. The molecule has 4 heteroatoms. The van der Waals surface area contributed by atoms with Crippen LogP contribution in [0.3, 0.4) is 0 Å². The van der Waals surface area contributed by atoms with Crippen molar-refractivity contribution < 1.29 is 9.18 Å². The number of likely N-dealkylation sites (tertiary alicyclic amines) is 1. The van der Waals surface area contributed by atoms with E-state index in [1.54, 1.807) is 12.1 Å². The highest BCUT2D eigenvalue weighted by atomic mass is 19.1. The van der Waals surface area contributed by atoms with E-state index >= 15 is 0 Å². The number of amides is 1. The Kier molecular flexibility index (Phi) is 4.53. The predicted molar refractivity (Wildman–Crippen MR) is 74.6 cm³/mol. The van der Waals surface area contributed by atoms with Gasteiger partial charge in [0.2, 0.25) is 5.91 Å². The Morgan fingerprint density at radius 1 is 1.53 bits per heavy atom. The molecule has 1 fully saturated rings. The Balaban J connectivity index is 1.90. The molecule has 1 atom stereocenters. The van der Waals surface area contributed by atoms with Gasteiger partial charge in [0, 0.05) is 6.54 Å². The molecule has 0 spiro atoms.